The van der Waals surface area contributed by atoms with Crippen LogP contribution in [0.3, 0.4) is 0 Å². The van der Waals surface area contributed by atoms with Gasteiger partial charge in [-0.2, -0.15) is 0 Å². The summed E-state index contributed by atoms with van der Waals surface area (Å²) < 4.78 is 38.0. The van der Waals surface area contributed by atoms with Crippen molar-refractivity contribution in [3.63, 3.8) is 0 Å². The van der Waals surface area contributed by atoms with Gasteiger partial charge >= 0.3 is 0 Å². The number of ether oxygens (including phenoxy) is 1. The summed E-state index contributed by atoms with van der Waals surface area (Å²) in [5.74, 6) is 1.42. The molecule has 0 bridgehead atoms. The van der Waals surface area contributed by atoms with E-state index in [1.165, 1.54) is 30.6 Å². The monoisotopic (exact) mass is 365 g/mol. The van der Waals surface area contributed by atoms with Gasteiger partial charge in [0.2, 0.25) is 5.89 Å². The molecule has 3 rings (SSSR count). The SMILES string of the molecule is COc1ccc(S(=O)(=O)Nc2cc(-c3nnc(C)o3)sc2C)cc1. The summed E-state index contributed by atoms with van der Waals surface area (Å²) in [6.45, 7) is 3.52. The van der Waals surface area contributed by atoms with Crippen LogP contribution < -0.4 is 9.46 Å². The maximum absolute atomic E-state index is 12.5. The lowest BCUT2D eigenvalue weighted by Crippen LogP contribution is -2.12. The van der Waals surface area contributed by atoms with Gasteiger partial charge in [0.05, 0.1) is 22.6 Å². The Kier molecular flexibility index (Phi) is 4.29. The summed E-state index contributed by atoms with van der Waals surface area (Å²) >= 11 is 1.38. The fraction of sp³-hybridized carbons (Fsp3) is 0.200. The van der Waals surface area contributed by atoms with Crippen LogP contribution in [0.5, 0.6) is 5.75 Å². The maximum Gasteiger partial charge on any atom is 0.261 e. The Hall–Kier alpha value is -2.39. The predicted octanol–water partition coefficient (Wildman–Crippen LogP) is 3.22. The van der Waals surface area contributed by atoms with Crippen LogP contribution in [0.25, 0.3) is 10.8 Å². The largest absolute Gasteiger partial charge is 0.497 e. The molecule has 0 radical (unpaired) electrons. The van der Waals surface area contributed by atoms with Crippen LogP contribution in [-0.4, -0.2) is 25.7 Å². The molecule has 2 heterocycles. The quantitative estimate of drug-likeness (QED) is 0.746. The molecule has 1 aromatic carbocycles. The number of thiophene rings is 1. The zero-order chi connectivity index (χ0) is 17.3. The molecule has 0 saturated carbocycles. The van der Waals surface area contributed by atoms with Crippen molar-refractivity contribution in [2.24, 2.45) is 0 Å². The van der Waals surface area contributed by atoms with Gasteiger partial charge in [-0.1, -0.05) is 0 Å². The predicted molar refractivity (Wildman–Crippen MR) is 90.9 cm³/mol. The van der Waals surface area contributed by atoms with Gasteiger partial charge in [-0.15, -0.1) is 21.5 Å². The van der Waals surface area contributed by atoms with E-state index in [1.54, 1.807) is 25.1 Å². The number of nitrogens with zero attached hydrogens (tertiary/aromatic N) is 2. The average molecular weight is 365 g/mol. The number of rotatable bonds is 5. The Morgan fingerprint density at radius 2 is 1.88 bits per heavy atom. The molecule has 24 heavy (non-hydrogen) atoms. The number of anilines is 1. The molecule has 126 valence electrons. The van der Waals surface area contributed by atoms with Crippen molar-refractivity contribution in [3.8, 4) is 16.5 Å². The Bertz CT molecular complexity index is 959. The van der Waals surface area contributed by atoms with Crippen LogP contribution in [0.4, 0.5) is 5.69 Å². The second-order valence-corrected chi connectivity index (χ2v) is 7.93. The molecule has 0 fully saturated rings. The van der Waals surface area contributed by atoms with Crippen LogP contribution in [0, 0.1) is 13.8 Å². The van der Waals surface area contributed by atoms with Crippen LogP contribution in [0.1, 0.15) is 10.8 Å². The van der Waals surface area contributed by atoms with Gasteiger partial charge in [0, 0.05) is 11.8 Å². The highest BCUT2D eigenvalue weighted by Gasteiger charge is 2.19. The van der Waals surface area contributed by atoms with Gasteiger partial charge in [0.15, 0.2) is 0 Å². The van der Waals surface area contributed by atoms with Gasteiger partial charge in [0.1, 0.15) is 5.75 Å². The van der Waals surface area contributed by atoms with E-state index in [0.29, 0.717) is 28.1 Å². The molecular formula is C15H15N3O4S2. The summed E-state index contributed by atoms with van der Waals surface area (Å²) in [4.78, 5) is 1.67. The molecule has 9 heteroatoms. The molecule has 0 aliphatic heterocycles. The highest BCUT2D eigenvalue weighted by atomic mass is 32.2. The van der Waals surface area contributed by atoms with Crippen molar-refractivity contribution in [2.75, 3.05) is 11.8 Å². The number of hydrogen-bond acceptors (Lipinski definition) is 7. The number of methoxy groups -OCH3 is 1. The molecule has 1 N–H and O–H groups in total. The maximum atomic E-state index is 12.5. The first-order chi connectivity index (χ1) is 11.4. The van der Waals surface area contributed by atoms with E-state index in [1.807, 2.05) is 6.92 Å². The smallest absolute Gasteiger partial charge is 0.261 e. The number of aromatic nitrogens is 2. The third kappa shape index (κ3) is 3.26. The van der Waals surface area contributed by atoms with Gasteiger partial charge in [0.25, 0.3) is 15.9 Å². The van der Waals surface area contributed by atoms with Crippen LogP contribution in [0.2, 0.25) is 0 Å². The standard InChI is InChI=1S/C15H15N3O4S2/c1-9-13(8-14(23-9)15-17-16-10(2)22-15)18-24(19,20)12-6-4-11(21-3)5-7-12/h4-8,18H,1-3H3. The molecule has 0 spiro atoms. The van der Waals surface area contributed by atoms with E-state index < -0.39 is 10.0 Å². The summed E-state index contributed by atoms with van der Waals surface area (Å²) in [5.41, 5.74) is 0.488. The van der Waals surface area contributed by atoms with E-state index in [0.717, 1.165) is 4.88 Å². The second kappa shape index (κ2) is 6.25. The molecule has 0 amide bonds. The van der Waals surface area contributed by atoms with Crippen molar-refractivity contribution in [1.29, 1.82) is 0 Å². The third-order valence-corrected chi connectivity index (χ3v) is 5.69. The highest BCUT2D eigenvalue weighted by Crippen LogP contribution is 2.34. The number of benzene rings is 1. The Labute approximate surface area is 143 Å². The van der Waals surface area contributed by atoms with E-state index >= 15 is 0 Å². The first-order valence-corrected chi connectivity index (χ1v) is 9.27. The normalized spacial score (nSPS) is 11.5. The minimum absolute atomic E-state index is 0.157. The zero-order valence-corrected chi connectivity index (χ0v) is 14.9. The Morgan fingerprint density at radius 3 is 2.46 bits per heavy atom. The number of sulfonamides is 1. The topological polar surface area (TPSA) is 94.3 Å². The number of aryl methyl sites for hydroxylation is 2. The fourth-order valence-electron chi connectivity index (χ4n) is 2.04. The zero-order valence-electron chi connectivity index (χ0n) is 13.2. The van der Waals surface area contributed by atoms with Crippen LogP contribution >= 0.6 is 11.3 Å². The summed E-state index contributed by atoms with van der Waals surface area (Å²) in [6.07, 6.45) is 0. The van der Waals surface area contributed by atoms with Crippen molar-refractivity contribution in [2.45, 2.75) is 18.7 Å². The van der Waals surface area contributed by atoms with Crippen molar-refractivity contribution in [3.05, 3.63) is 41.1 Å². The molecule has 0 aliphatic rings. The van der Waals surface area contributed by atoms with Gasteiger partial charge in [-0.3, -0.25) is 4.72 Å². The average Bonchev–Trinajstić information content (AvgIpc) is 3.13. The first-order valence-electron chi connectivity index (χ1n) is 6.97. The lowest BCUT2D eigenvalue weighted by molar-refractivity contribution is 0.414. The minimum atomic E-state index is -3.69. The van der Waals surface area contributed by atoms with Crippen molar-refractivity contribution >= 4 is 27.0 Å². The molecule has 0 aliphatic carbocycles. The van der Waals surface area contributed by atoms with E-state index in [9.17, 15) is 8.42 Å². The molecule has 2 aromatic heterocycles. The van der Waals surface area contributed by atoms with Gasteiger partial charge < -0.3 is 9.15 Å². The van der Waals surface area contributed by atoms with E-state index in [4.69, 9.17) is 9.15 Å². The molecular weight excluding hydrogens is 350 g/mol. The summed E-state index contributed by atoms with van der Waals surface area (Å²) in [5, 5.41) is 7.73. The Morgan fingerprint density at radius 1 is 1.17 bits per heavy atom. The summed E-state index contributed by atoms with van der Waals surface area (Å²) in [7, 11) is -2.16. The molecule has 3 aromatic rings. The van der Waals surface area contributed by atoms with Gasteiger partial charge in [-0.05, 0) is 37.3 Å². The van der Waals surface area contributed by atoms with E-state index in [2.05, 4.69) is 14.9 Å². The second-order valence-electron chi connectivity index (χ2n) is 4.99. The van der Waals surface area contributed by atoms with Gasteiger partial charge in [-0.25, -0.2) is 8.42 Å². The lowest BCUT2D eigenvalue weighted by Gasteiger charge is -2.08. The molecule has 7 nitrogen and oxygen atoms in total. The lowest BCUT2D eigenvalue weighted by atomic mass is 10.3. The van der Waals surface area contributed by atoms with E-state index in [-0.39, 0.29) is 4.90 Å². The molecule has 0 atom stereocenters. The number of nitrogens with one attached hydrogen (secondary N) is 1. The van der Waals surface area contributed by atoms with Crippen molar-refractivity contribution in [1.82, 2.24) is 10.2 Å². The van der Waals surface area contributed by atoms with Crippen LogP contribution in [0.15, 0.2) is 39.6 Å². The third-order valence-electron chi connectivity index (χ3n) is 3.27. The Balaban J connectivity index is 1.88. The summed E-state index contributed by atoms with van der Waals surface area (Å²) in [6, 6.07) is 7.87. The van der Waals surface area contributed by atoms with Crippen molar-refractivity contribution < 1.29 is 17.6 Å². The molecule has 0 unspecified atom stereocenters. The number of hydrogen-bond donors (Lipinski definition) is 1. The fourth-order valence-corrected chi connectivity index (χ4v) is 4.12. The highest BCUT2D eigenvalue weighted by molar-refractivity contribution is 7.92. The van der Waals surface area contributed by atoms with Crippen LogP contribution in [-0.2, 0) is 10.0 Å². The minimum Gasteiger partial charge on any atom is -0.497 e. The molecule has 0 saturated heterocycles. The first kappa shape index (κ1) is 16.5.